The smallest absolute Gasteiger partial charge is 0.226 e. The first-order valence-electron chi connectivity index (χ1n) is 10.0. The number of hydrogen-bond donors (Lipinski definition) is 2. The van der Waals surface area contributed by atoms with Crippen LogP contribution in [0.15, 0.2) is 48.5 Å². The maximum absolute atomic E-state index is 12.2. The molecule has 0 aliphatic carbocycles. The van der Waals surface area contributed by atoms with E-state index in [0.717, 1.165) is 30.4 Å². The molecule has 1 aliphatic heterocycles. The number of nitrogens with one attached hydrogen (secondary N) is 2. The van der Waals surface area contributed by atoms with Gasteiger partial charge in [0.2, 0.25) is 5.91 Å². The van der Waals surface area contributed by atoms with Crippen molar-refractivity contribution in [2.75, 3.05) is 35.2 Å². The maximum atomic E-state index is 12.2. The molecule has 0 unspecified atom stereocenters. The Bertz CT molecular complexity index is 809. The molecule has 5 nitrogen and oxygen atoms in total. The lowest BCUT2D eigenvalue weighted by molar-refractivity contribution is -0.115. The van der Waals surface area contributed by atoms with Gasteiger partial charge in [-0.15, -0.1) is 0 Å². The first kappa shape index (κ1) is 19.9. The summed E-state index contributed by atoms with van der Waals surface area (Å²) >= 11 is 0. The number of hydrogen-bond acceptors (Lipinski definition) is 4. The Labute approximate surface area is 167 Å². The number of benzene rings is 2. The summed E-state index contributed by atoms with van der Waals surface area (Å²) in [4.78, 5) is 26.0. The van der Waals surface area contributed by atoms with Gasteiger partial charge in [-0.1, -0.05) is 19.1 Å². The summed E-state index contributed by atoms with van der Waals surface area (Å²) in [5.74, 6) is 0.812. The van der Waals surface area contributed by atoms with Crippen LogP contribution in [-0.2, 0) is 4.79 Å². The molecule has 5 heteroatoms. The Morgan fingerprint density at radius 2 is 1.75 bits per heavy atom. The first-order valence-corrected chi connectivity index (χ1v) is 10.0. The third-order valence-electron chi connectivity index (χ3n) is 5.25. The molecule has 3 rings (SSSR count). The van der Waals surface area contributed by atoms with E-state index in [1.54, 1.807) is 19.1 Å². The highest BCUT2D eigenvalue weighted by molar-refractivity contribution is 5.95. The molecule has 28 heavy (non-hydrogen) atoms. The molecule has 1 amide bonds. The molecule has 1 aliphatic rings. The predicted molar refractivity (Wildman–Crippen MR) is 115 cm³/mol. The van der Waals surface area contributed by atoms with E-state index in [9.17, 15) is 9.59 Å². The fourth-order valence-corrected chi connectivity index (χ4v) is 3.41. The van der Waals surface area contributed by atoms with E-state index in [1.165, 1.54) is 18.5 Å². The lowest BCUT2D eigenvalue weighted by Gasteiger charge is -2.32. The molecule has 0 bridgehead atoms. The molecule has 0 spiro atoms. The molecule has 148 valence electrons. The SMILES string of the molecule is CC(=O)c1cccc(NCCC(=O)Nc2ccc(N3CCC(C)CC3)cc2)c1. The van der Waals surface area contributed by atoms with Crippen molar-refractivity contribution < 1.29 is 9.59 Å². The van der Waals surface area contributed by atoms with Crippen LogP contribution in [0.25, 0.3) is 0 Å². The van der Waals surface area contributed by atoms with Gasteiger partial charge in [-0.25, -0.2) is 0 Å². The van der Waals surface area contributed by atoms with Crippen LogP contribution in [-0.4, -0.2) is 31.3 Å². The van der Waals surface area contributed by atoms with Crippen molar-refractivity contribution in [3.8, 4) is 0 Å². The molecule has 0 aromatic heterocycles. The normalized spacial score (nSPS) is 14.6. The zero-order valence-electron chi connectivity index (χ0n) is 16.7. The number of rotatable bonds is 7. The molecule has 0 radical (unpaired) electrons. The fourth-order valence-electron chi connectivity index (χ4n) is 3.41. The summed E-state index contributed by atoms with van der Waals surface area (Å²) in [6, 6.07) is 15.4. The second-order valence-electron chi connectivity index (χ2n) is 7.58. The van der Waals surface area contributed by atoms with Crippen molar-refractivity contribution in [2.24, 2.45) is 5.92 Å². The number of nitrogens with zero attached hydrogens (tertiary/aromatic N) is 1. The molecule has 2 aromatic rings. The summed E-state index contributed by atoms with van der Waals surface area (Å²) in [7, 11) is 0. The van der Waals surface area contributed by atoms with Gasteiger partial charge in [0.1, 0.15) is 0 Å². The van der Waals surface area contributed by atoms with Crippen LogP contribution in [0.2, 0.25) is 0 Å². The van der Waals surface area contributed by atoms with E-state index in [4.69, 9.17) is 0 Å². The Morgan fingerprint density at radius 1 is 1.04 bits per heavy atom. The van der Waals surface area contributed by atoms with Crippen LogP contribution in [0.1, 0.15) is 43.5 Å². The average Bonchev–Trinajstić information content (AvgIpc) is 2.69. The summed E-state index contributed by atoms with van der Waals surface area (Å²) in [6.45, 7) is 6.57. The number of amides is 1. The minimum atomic E-state index is -0.0326. The third-order valence-corrected chi connectivity index (χ3v) is 5.25. The van der Waals surface area contributed by atoms with Gasteiger partial charge in [-0.2, -0.15) is 0 Å². The summed E-state index contributed by atoms with van der Waals surface area (Å²) < 4.78 is 0. The van der Waals surface area contributed by atoms with Gasteiger partial charge < -0.3 is 15.5 Å². The summed E-state index contributed by atoms with van der Waals surface area (Å²) in [5.41, 5.74) is 3.55. The van der Waals surface area contributed by atoms with Crippen molar-refractivity contribution in [1.29, 1.82) is 0 Å². The maximum Gasteiger partial charge on any atom is 0.226 e. The van der Waals surface area contributed by atoms with Crippen LogP contribution in [0.3, 0.4) is 0 Å². The molecule has 1 saturated heterocycles. The second-order valence-corrected chi connectivity index (χ2v) is 7.58. The second kappa shape index (κ2) is 9.40. The van der Waals surface area contributed by atoms with Crippen molar-refractivity contribution in [3.05, 3.63) is 54.1 Å². The van der Waals surface area contributed by atoms with E-state index >= 15 is 0 Å². The molecule has 1 heterocycles. The van der Waals surface area contributed by atoms with Crippen LogP contribution in [0.4, 0.5) is 17.1 Å². The molecular weight excluding hydrogens is 350 g/mol. The van der Waals surface area contributed by atoms with E-state index in [2.05, 4.69) is 34.6 Å². The molecule has 0 saturated carbocycles. The summed E-state index contributed by atoms with van der Waals surface area (Å²) in [6.07, 6.45) is 2.83. The van der Waals surface area contributed by atoms with E-state index in [-0.39, 0.29) is 11.7 Å². The number of ketones is 1. The van der Waals surface area contributed by atoms with Crippen molar-refractivity contribution in [2.45, 2.75) is 33.1 Å². The van der Waals surface area contributed by atoms with Gasteiger partial charge in [0.05, 0.1) is 0 Å². The molecule has 1 fully saturated rings. The van der Waals surface area contributed by atoms with Gasteiger partial charge in [-0.05, 0) is 62.1 Å². The Hall–Kier alpha value is -2.82. The predicted octanol–water partition coefficient (Wildman–Crippen LogP) is 4.57. The standard InChI is InChI=1S/C23H29N3O2/c1-17-11-14-26(15-12-17)22-8-6-20(7-9-22)25-23(28)10-13-24-21-5-3-4-19(16-21)18(2)27/h3-9,16-17,24H,10-15H2,1-2H3,(H,25,28). The molecule has 2 aromatic carbocycles. The topological polar surface area (TPSA) is 61.4 Å². The summed E-state index contributed by atoms with van der Waals surface area (Å²) in [5, 5.41) is 6.14. The number of Topliss-reactive ketones (excluding diaryl/α,β-unsaturated/α-hetero) is 1. The van der Waals surface area contributed by atoms with Crippen LogP contribution >= 0.6 is 0 Å². The van der Waals surface area contributed by atoms with Crippen LogP contribution in [0, 0.1) is 5.92 Å². The number of carbonyl (C=O) groups excluding carboxylic acids is 2. The fraction of sp³-hybridized carbons (Fsp3) is 0.391. The van der Waals surface area contributed by atoms with Crippen molar-refractivity contribution in [1.82, 2.24) is 0 Å². The van der Waals surface area contributed by atoms with E-state index in [0.29, 0.717) is 18.5 Å². The van der Waals surface area contributed by atoms with Gasteiger partial charge in [-0.3, -0.25) is 9.59 Å². The number of carbonyl (C=O) groups is 2. The minimum Gasteiger partial charge on any atom is -0.385 e. The average molecular weight is 380 g/mol. The van der Waals surface area contributed by atoms with Crippen molar-refractivity contribution >= 4 is 28.8 Å². The molecular formula is C23H29N3O2. The van der Waals surface area contributed by atoms with Gasteiger partial charge >= 0.3 is 0 Å². The van der Waals surface area contributed by atoms with Crippen LogP contribution < -0.4 is 15.5 Å². The number of anilines is 3. The highest BCUT2D eigenvalue weighted by atomic mass is 16.1. The van der Waals surface area contributed by atoms with Crippen molar-refractivity contribution in [3.63, 3.8) is 0 Å². The third kappa shape index (κ3) is 5.59. The Balaban J connectivity index is 1.44. The Morgan fingerprint density at radius 3 is 2.43 bits per heavy atom. The Kier molecular flexibility index (Phi) is 6.69. The molecule has 2 N–H and O–H groups in total. The lowest BCUT2D eigenvalue weighted by Crippen LogP contribution is -2.32. The minimum absolute atomic E-state index is 0.0314. The highest BCUT2D eigenvalue weighted by Crippen LogP contribution is 2.24. The zero-order chi connectivity index (χ0) is 19.9. The van der Waals surface area contributed by atoms with E-state index in [1.807, 2.05) is 24.3 Å². The van der Waals surface area contributed by atoms with Crippen LogP contribution in [0.5, 0.6) is 0 Å². The van der Waals surface area contributed by atoms with Gasteiger partial charge in [0, 0.05) is 48.7 Å². The lowest BCUT2D eigenvalue weighted by atomic mass is 9.99. The quantitative estimate of drug-likeness (QED) is 0.692. The monoisotopic (exact) mass is 379 g/mol. The van der Waals surface area contributed by atoms with E-state index < -0.39 is 0 Å². The number of piperidine rings is 1. The molecule has 0 atom stereocenters. The zero-order valence-corrected chi connectivity index (χ0v) is 16.7. The highest BCUT2D eigenvalue weighted by Gasteiger charge is 2.15. The first-order chi connectivity index (χ1) is 13.5. The van der Waals surface area contributed by atoms with Gasteiger partial charge in [0.15, 0.2) is 5.78 Å². The largest absolute Gasteiger partial charge is 0.385 e. The van der Waals surface area contributed by atoms with Gasteiger partial charge in [0.25, 0.3) is 0 Å².